The Labute approximate surface area is 121 Å². The second kappa shape index (κ2) is 7.50. The molecule has 0 saturated heterocycles. The van der Waals surface area contributed by atoms with Crippen LogP contribution >= 0.6 is 0 Å². The van der Waals surface area contributed by atoms with Crippen molar-refractivity contribution in [1.82, 2.24) is 10.6 Å². The molecule has 0 bridgehead atoms. The number of carboxylic acids is 1. The highest BCUT2D eigenvalue weighted by atomic mass is 16.4. The van der Waals surface area contributed by atoms with Crippen molar-refractivity contribution >= 4 is 12.0 Å². The van der Waals surface area contributed by atoms with Crippen LogP contribution < -0.4 is 10.6 Å². The summed E-state index contributed by atoms with van der Waals surface area (Å²) < 4.78 is 0. The van der Waals surface area contributed by atoms with Crippen molar-refractivity contribution in [3.63, 3.8) is 0 Å². The molecule has 0 aliphatic heterocycles. The van der Waals surface area contributed by atoms with Crippen molar-refractivity contribution in [3.05, 3.63) is 0 Å². The molecule has 5 nitrogen and oxygen atoms in total. The standard InChI is InChI=1S/C15H28N2O3/c1-4-11-8-7-9-12(10-11)16-14(20)17-15(5-2,6-3)13(18)19/h11-12H,4-10H2,1-3H3,(H,18,19)(H2,16,17,20). The van der Waals surface area contributed by atoms with E-state index in [1.54, 1.807) is 13.8 Å². The lowest BCUT2D eigenvalue weighted by atomic mass is 9.84. The third kappa shape index (κ3) is 4.12. The van der Waals surface area contributed by atoms with Gasteiger partial charge in [0.25, 0.3) is 0 Å². The van der Waals surface area contributed by atoms with E-state index in [4.69, 9.17) is 0 Å². The zero-order valence-electron chi connectivity index (χ0n) is 12.9. The average Bonchev–Trinajstić information content (AvgIpc) is 2.44. The Kier molecular flexibility index (Phi) is 6.30. The minimum Gasteiger partial charge on any atom is -0.480 e. The summed E-state index contributed by atoms with van der Waals surface area (Å²) in [4.78, 5) is 23.4. The molecule has 0 radical (unpaired) electrons. The molecule has 1 aliphatic carbocycles. The maximum Gasteiger partial charge on any atom is 0.329 e. The summed E-state index contributed by atoms with van der Waals surface area (Å²) in [6.07, 6.45) is 6.27. The third-order valence-corrected chi connectivity index (χ3v) is 4.66. The highest BCUT2D eigenvalue weighted by molar-refractivity contribution is 5.86. The highest BCUT2D eigenvalue weighted by Crippen LogP contribution is 2.26. The SMILES string of the molecule is CCC1CCCC(NC(=O)NC(CC)(CC)C(=O)O)C1. The van der Waals surface area contributed by atoms with Gasteiger partial charge in [-0.3, -0.25) is 0 Å². The first-order chi connectivity index (χ1) is 9.47. The Morgan fingerprint density at radius 3 is 2.35 bits per heavy atom. The van der Waals surface area contributed by atoms with Gasteiger partial charge in [0.05, 0.1) is 0 Å². The number of hydrogen-bond donors (Lipinski definition) is 3. The van der Waals surface area contributed by atoms with Gasteiger partial charge in [0, 0.05) is 6.04 Å². The van der Waals surface area contributed by atoms with E-state index in [0.717, 1.165) is 25.7 Å². The predicted octanol–water partition coefficient (Wildman–Crippen LogP) is 2.90. The van der Waals surface area contributed by atoms with Gasteiger partial charge >= 0.3 is 12.0 Å². The van der Waals surface area contributed by atoms with Crippen molar-refractivity contribution in [2.24, 2.45) is 5.92 Å². The fraction of sp³-hybridized carbons (Fsp3) is 0.867. The summed E-state index contributed by atoms with van der Waals surface area (Å²) in [6, 6.07) is -0.174. The van der Waals surface area contributed by atoms with Crippen LogP contribution in [0.3, 0.4) is 0 Å². The van der Waals surface area contributed by atoms with E-state index in [-0.39, 0.29) is 12.1 Å². The molecule has 1 rings (SSSR count). The van der Waals surface area contributed by atoms with Crippen molar-refractivity contribution in [1.29, 1.82) is 0 Å². The Morgan fingerprint density at radius 1 is 1.20 bits per heavy atom. The van der Waals surface area contributed by atoms with Gasteiger partial charge in [-0.1, -0.05) is 40.0 Å². The molecule has 0 spiro atoms. The molecule has 0 heterocycles. The second-order valence-corrected chi connectivity index (χ2v) is 5.83. The average molecular weight is 284 g/mol. The minimum atomic E-state index is -1.15. The van der Waals surface area contributed by atoms with E-state index in [0.29, 0.717) is 18.8 Å². The molecule has 0 aromatic heterocycles. The van der Waals surface area contributed by atoms with E-state index >= 15 is 0 Å². The maximum atomic E-state index is 12.1. The molecule has 2 atom stereocenters. The first kappa shape index (κ1) is 16.8. The largest absolute Gasteiger partial charge is 0.480 e. The summed E-state index contributed by atoms with van der Waals surface area (Å²) in [7, 11) is 0. The summed E-state index contributed by atoms with van der Waals surface area (Å²) in [5, 5.41) is 14.9. The van der Waals surface area contributed by atoms with Crippen molar-refractivity contribution in [2.45, 2.75) is 77.3 Å². The first-order valence-electron chi connectivity index (χ1n) is 7.79. The number of carbonyl (C=O) groups is 2. The summed E-state index contributed by atoms with van der Waals surface area (Å²) in [5.41, 5.74) is -1.15. The van der Waals surface area contributed by atoms with Crippen molar-refractivity contribution < 1.29 is 14.7 Å². The number of aliphatic carboxylic acids is 1. The molecule has 2 unspecified atom stereocenters. The van der Waals surface area contributed by atoms with Gasteiger partial charge in [0.2, 0.25) is 0 Å². The number of hydrogen-bond acceptors (Lipinski definition) is 2. The Hall–Kier alpha value is -1.26. The number of amides is 2. The fourth-order valence-corrected chi connectivity index (χ4v) is 3.01. The zero-order chi connectivity index (χ0) is 15.2. The van der Waals surface area contributed by atoms with Crippen LogP contribution in [0, 0.1) is 5.92 Å². The van der Waals surface area contributed by atoms with Crippen LogP contribution in [0.15, 0.2) is 0 Å². The van der Waals surface area contributed by atoms with Crippen LogP contribution in [0.4, 0.5) is 4.79 Å². The molecule has 1 fully saturated rings. The number of nitrogens with one attached hydrogen (secondary N) is 2. The zero-order valence-corrected chi connectivity index (χ0v) is 12.9. The quantitative estimate of drug-likeness (QED) is 0.701. The molecule has 20 heavy (non-hydrogen) atoms. The molecule has 1 saturated carbocycles. The normalized spacial score (nSPS) is 23.1. The Bertz CT molecular complexity index is 340. The van der Waals surface area contributed by atoms with Gasteiger partial charge in [-0.05, 0) is 31.6 Å². The molecular weight excluding hydrogens is 256 g/mol. The van der Waals surface area contributed by atoms with E-state index in [1.165, 1.54) is 6.42 Å². The Morgan fingerprint density at radius 2 is 1.85 bits per heavy atom. The lowest BCUT2D eigenvalue weighted by Gasteiger charge is -2.32. The summed E-state index contributed by atoms with van der Waals surface area (Å²) in [5.74, 6) is -0.289. The van der Waals surface area contributed by atoms with Crippen LogP contribution in [-0.4, -0.2) is 28.7 Å². The number of carboxylic acid groups (broad SMARTS) is 1. The van der Waals surface area contributed by atoms with E-state index < -0.39 is 11.5 Å². The highest BCUT2D eigenvalue weighted by Gasteiger charge is 2.37. The van der Waals surface area contributed by atoms with E-state index in [9.17, 15) is 14.7 Å². The van der Waals surface area contributed by atoms with Gasteiger partial charge in [0.1, 0.15) is 5.54 Å². The topological polar surface area (TPSA) is 78.4 Å². The van der Waals surface area contributed by atoms with Gasteiger partial charge in [0.15, 0.2) is 0 Å². The number of urea groups is 1. The number of carbonyl (C=O) groups excluding carboxylic acids is 1. The van der Waals surface area contributed by atoms with Crippen molar-refractivity contribution in [2.75, 3.05) is 0 Å². The monoisotopic (exact) mass is 284 g/mol. The van der Waals surface area contributed by atoms with E-state index in [2.05, 4.69) is 17.6 Å². The van der Waals surface area contributed by atoms with Crippen LogP contribution in [0.2, 0.25) is 0 Å². The first-order valence-corrected chi connectivity index (χ1v) is 7.79. The van der Waals surface area contributed by atoms with Crippen molar-refractivity contribution in [3.8, 4) is 0 Å². The van der Waals surface area contributed by atoms with Crippen LogP contribution in [0.1, 0.15) is 65.7 Å². The Balaban J connectivity index is 2.55. The van der Waals surface area contributed by atoms with Crippen LogP contribution in [0.5, 0.6) is 0 Å². The lowest BCUT2D eigenvalue weighted by molar-refractivity contribution is -0.144. The molecule has 0 aromatic carbocycles. The van der Waals surface area contributed by atoms with Gasteiger partial charge < -0.3 is 15.7 Å². The molecular formula is C15H28N2O3. The molecule has 1 aliphatic rings. The predicted molar refractivity (Wildman–Crippen MR) is 78.7 cm³/mol. The smallest absolute Gasteiger partial charge is 0.329 e. The fourth-order valence-electron chi connectivity index (χ4n) is 3.01. The van der Waals surface area contributed by atoms with Gasteiger partial charge in [-0.2, -0.15) is 0 Å². The third-order valence-electron chi connectivity index (χ3n) is 4.66. The van der Waals surface area contributed by atoms with E-state index in [1.807, 2.05) is 0 Å². The molecule has 3 N–H and O–H groups in total. The molecule has 2 amide bonds. The van der Waals surface area contributed by atoms with Crippen LogP contribution in [-0.2, 0) is 4.79 Å². The van der Waals surface area contributed by atoms with Gasteiger partial charge in [-0.15, -0.1) is 0 Å². The van der Waals surface area contributed by atoms with Crippen LogP contribution in [0.25, 0.3) is 0 Å². The molecule has 0 aromatic rings. The summed E-state index contributed by atoms with van der Waals surface area (Å²) >= 11 is 0. The molecule has 5 heteroatoms. The maximum absolute atomic E-state index is 12.1. The minimum absolute atomic E-state index is 0.175. The molecule has 116 valence electrons. The van der Waals surface area contributed by atoms with Gasteiger partial charge in [-0.25, -0.2) is 9.59 Å². The summed E-state index contributed by atoms with van der Waals surface area (Å²) in [6.45, 7) is 5.74. The lowest BCUT2D eigenvalue weighted by Crippen LogP contribution is -2.58. The number of rotatable bonds is 6. The second-order valence-electron chi connectivity index (χ2n) is 5.83.